The van der Waals surface area contributed by atoms with Gasteiger partial charge in [-0.3, -0.25) is 14.7 Å². The van der Waals surface area contributed by atoms with E-state index in [1.165, 1.54) is 7.11 Å². The van der Waals surface area contributed by atoms with Crippen LogP contribution < -0.4 is 4.74 Å². The summed E-state index contributed by atoms with van der Waals surface area (Å²) < 4.78 is 11.4. The molecule has 4 rings (SSSR count). The van der Waals surface area contributed by atoms with Gasteiger partial charge in [0.1, 0.15) is 0 Å². The van der Waals surface area contributed by atoms with Crippen molar-refractivity contribution in [3.8, 4) is 11.5 Å². The minimum absolute atomic E-state index is 0.0843. The van der Waals surface area contributed by atoms with Crippen molar-refractivity contribution in [2.24, 2.45) is 0 Å². The molecular weight excluding hydrogens is 442 g/mol. The van der Waals surface area contributed by atoms with Gasteiger partial charge in [-0.2, -0.15) is 0 Å². The van der Waals surface area contributed by atoms with Gasteiger partial charge in [0, 0.05) is 38.6 Å². The van der Waals surface area contributed by atoms with Crippen LogP contribution >= 0.6 is 0 Å². The van der Waals surface area contributed by atoms with Gasteiger partial charge in [-0.1, -0.05) is 54.6 Å². The second kappa shape index (κ2) is 12.1. The van der Waals surface area contributed by atoms with Crippen molar-refractivity contribution in [3.05, 3.63) is 95.8 Å². The summed E-state index contributed by atoms with van der Waals surface area (Å²) in [6, 6.07) is 19.1. The van der Waals surface area contributed by atoms with Gasteiger partial charge in [0.2, 0.25) is 5.91 Å². The van der Waals surface area contributed by atoms with E-state index in [-0.39, 0.29) is 17.8 Å². The second-order valence-electron chi connectivity index (χ2n) is 8.58. The molecule has 0 aliphatic carbocycles. The maximum Gasteiger partial charge on any atom is 0.237 e. The summed E-state index contributed by atoms with van der Waals surface area (Å²) >= 11 is 0. The highest BCUT2D eigenvalue weighted by atomic mass is 16.5. The fraction of sp³-hybridized carbons (Fsp3) is 0.286. The Bertz CT molecular complexity index is 1120. The quantitative estimate of drug-likeness (QED) is 0.510. The van der Waals surface area contributed by atoms with Crippen molar-refractivity contribution in [2.45, 2.75) is 19.3 Å². The van der Waals surface area contributed by atoms with E-state index >= 15 is 0 Å². The number of phenols is 1. The molecule has 182 valence electrons. The molecule has 35 heavy (non-hydrogen) atoms. The molecule has 2 heterocycles. The zero-order valence-electron chi connectivity index (χ0n) is 19.9. The molecule has 0 radical (unpaired) electrons. The summed E-state index contributed by atoms with van der Waals surface area (Å²) in [5.41, 5.74) is 3.02. The molecule has 1 aliphatic rings. The fourth-order valence-corrected chi connectivity index (χ4v) is 4.08. The Morgan fingerprint density at radius 2 is 1.91 bits per heavy atom. The molecule has 0 bridgehead atoms. The monoisotopic (exact) mass is 473 g/mol. The van der Waals surface area contributed by atoms with E-state index in [0.29, 0.717) is 45.1 Å². The summed E-state index contributed by atoms with van der Waals surface area (Å²) in [6.45, 7) is 3.10. The molecule has 1 N–H and O–H groups in total. The molecule has 1 amide bonds. The zero-order valence-corrected chi connectivity index (χ0v) is 19.9. The normalized spacial score (nSPS) is 17.0. The molecular formula is C28H31N3O4. The number of nitrogens with zero attached hydrogens (tertiary/aromatic N) is 3. The number of carbonyl (C=O) groups excluding carboxylic acids is 1. The van der Waals surface area contributed by atoms with Gasteiger partial charge in [0.25, 0.3) is 0 Å². The van der Waals surface area contributed by atoms with Crippen LogP contribution in [0, 0.1) is 0 Å². The van der Waals surface area contributed by atoms with E-state index in [1.807, 2.05) is 65.6 Å². The standard InChI is InChI=1S/C28H31N3O4/c1-34-27-15-22(11-12-26(27)32)10-6-14-30-18-25(35-21-24-9-5-13-29-16-24)19-31(28(33)20-30)17-23-7-3-2-4-8-23/h2-13,15-16,25,32H,14,17-21H2,1H3. The number of hydrogen-bond acceptors (Lipinski definition) is 6. The van der Waals surface area contributed by atoms with Crippen LogP contribution in [-0.4, -0.2) is 65.2 Å². The van der Waals surface area contributed by atoms with E-state index in [4.69, 9.17) is 9.47 Å². The molecule has 2 aromatic carbocycles. The Kier molecular flexibility index (Phi) is 8.48. The molecule has 0 spiro atoms. The Labute approximate surface area is 206 Å². The van der Waals surface area contributed by atoms with Crippen molar-refractivity contribution in [1.29, 1.82) is 0 Å². The third-order valence-electron chi connectivity index (χ3n) is 5.90. The molecule has 7 heteroatoms. The van der Waals surface area contributed by atoms with E-state index in [1.54, 1.807) is 24.5 Å². The number of carbonyl (C=O) groups is 1. The highest BCUT2D eigenvalue weighted by Crippen LogP contribution is 2.26. The number of amides is 1. The minimum atomic E-state index is -0.132. The molecule has 1 fully saturated rings. The fourth-order valence-electron chi connectivity index (χ4n) is 4.08. The molecule has 1 aromatic heterocycles. The van der Waals surface area contributed by atoms with E-state index in [0.717, 1.165) is 16.7 Å². The number of hydrogen-bond donors (Lipinski definition) is 1. The Morgan fingerprint density at radius 1 is 1.09 bits per heavy atom. The van der Waals surface area contributed by atoms with Crippen molar-refractivity contribution in [3.63, 3.8) is 0 Å². The van der Waals surface area contributed by atoms with E-state index < -0.39 is 0 Å². The van der Waals surface area contributed by atoms with Gasteiger partial charge >= 0.3 is 0 Å². The number of benzene rings is 2. The number of aromatic hydroxyl groups is 1. The first-order valence-corrected chi connectivity index (χ1v) is 11.7. The van der Waals surface area contributed by atoms with Crippen LogP contribution in [0.15, 0.2) is 79.1 Å². The zero-order chi connectivity index (χ0) is 24.5. The summed E-state index contributed by atoms with van der Waals surface area (Å²) in [5, 5.41) is 9.80. The topological polar surface area (TPSA) is 75.1 Å². The van der Waals surface area contributed by atoms with Crippen LogP contribution in [0.25, 0.3) is 6.08 Å². The maximum absolute atomic E-state index is 13.2. The summed E-state index contributed by atoms with van der Waals surface area (Å²) in [5.74, 6) is 0.619. The summed E-state index contributed by atoms with van der Waals surface area (Å²) in [4.78, 5) is 21.3. The SMILES string of the molecule is COc1cc(C=CCN2CC(=O)N(Cc3ccccc3)CC(OCc3cccnc3)C2)ccc1O. The van der Waals surface area contributed by atoms with Crippen LogP contribution in [0.4, 0.5) is 0 Å². The van der Waals surface area contributed by atoms with Gasteiger partial charge in [0.15, 0.2) is 11.5 Å². The highest BCUT2D eigenvalue weighted by Gasteiger charge is 2.28. The van der Waals surface area contributed by atoms with Crippen molar-refractivity contribution >= 4 is 12.0 Å². The van der Waals surface area contributed by atoms with Gasteiger partial charge in [-0.05, 0) is 34.9 Å². The van der Waals surface area contributed by atoms with Crippen molar-refractivity contribution < 1.29 is 19.4 Å². The lowest BCUT2D eigenvalue weighted by Crippen LogP contribution is -2.37. The van der Waals surface area contributed by atoms with E-state index in [9.17, 15) is 9.90 Å². The molecule has 7 nitrogen and oxygen atoms in total. The highest BCUT2D eigenvalue weighted by molar-refractivity contribution is 5.78. The Balaban J connectivity index is 1.45. The Morgan fingerprint density at radius 3 is 2.69 bits per heavy atom. The van der Waals surface area contributed by atoms with E-state index in [2.05, 4.69) is 9.88 Å². The van der Waals surface area contributed by atoms with Gasteiger partial charge in [-0.25, -0.2) is 0 Å². The lowest BCUT2D eigenvalue weighted by Gasteiger charge is -2.25. The first-order chi connectivity index (χ1) is 17.1. The average Bonchev–Trinajstić information content (AvgIpc) is 3.03. The van der Waals surface area contributed by atoms with Crippen LogP contribution in [0.3, 0.4) is 0 Å². The first-order valence-electron chi connectivity index (χ1n) is 11.7. The maximum atomic E-state index is 13.2. The van der Waals surface area contributed by atoms with Crippen LogP contribution in [-0.2, 0) is 22.7 Å². The predicted molar refractivity (Wildman–Crippen MR) is 135 cm³/mol. The van der Waals surface area contributed by atoms with Crippen LogP contribution in [0.5, 0.6) is 11.5 Å². The first kappa shape index (κ1) is 24.4. The van der Waals surface area contributed by atoms with Gasteiger partial charge < -0.3 is 19.5 Å². The smallest absolute Gasteiger partial charge is 0.237 e. The third-order valence-corrected chi connectivity index (χ3v) is 5.90. The third kappa shape index (κ3) is 7.15. The Hall–Kier alpha value is -3.68. The molecule has 0 saturated carbocycles. The van der Waals surface area contributed by atoms with Gasteiger partial charge in [-0.15, -0.1) is 0 Å². The number of rotatable bonds is 9. The summed E-state index contributed by atoms with van der Waals surface area (Å²) in [7, 11) is 1.53. The summed E-state index contributed by atoms with van der Waals surface area (Å²) in [6.07, 6.45) is 7.39. The molecule has 1 atom stereocenters. The molecule has 3 aromatic rings. The largest absolute Gasteiger partial charge is 0.504 e. The lowest BCUT2D eigenvalue weighted by atomic mass is 10.2. The number of pyridine rings is 1. The van der Waals surface area contributed by atoms with Crippen molar-refractivity contribution in [2.75, 3.05) is 33.3 Å². The van der Waals surface area contributed by atoms with Crippen molar-refractivity contribution in [1.82, 2.24) is 14.8 Å². The lowest BCUT2D eigenvalue weighted by molar-refractivity contribution is -0.132. The number of aromatic nitrogens is 1. The van der Waals surface area contributed by atoms with Crippen LogP contribution in [0.1, 0.15) is 16.7 Å². The minimum Gasteiger partial charge on any atom is -0.504 e. The molecule has 1 unspecified atom stereocenters. The molecule has 1 saturated heterocycles. The molecule has 1 aliphatic heterocycles. The second-order valence-corrected chi connectivity index (χ2v) is 8.58. The van der Waals surface area contributed by atoms with Crippen LogP contribution in [0.2, 0.25) is 0 Å². The number of ether oxygens (including phenoxy) is 2. The van der Waals surface area contributed by atoms with Gasteiger partial charge in [0.05, 0.1) is 26.4 Å². The predicted octanol–water partition coefficient (Wildman–Crippen LogP) is 3.74. The average molecular weight is 474 g/mol. The number of phenolic OH excluding ortho intramolecular Hbond substituents is 1. The number of methoxy groups -OCH3 is 1.